The molecule has 0 spiro atoms. The van der Waals surface area contributed by atoms with Crippen molar-refractivity contribution in [3.8, 4) is 5.75 Å². The van der Waals surface area contributed by atoms with Gasteiger partial charge in [0.05, 0.1) is 11.3 Å². The number of nitrogens with zero attached hydrogens (tertiary/aromatic N) is 1. The molecule has 6 nitrogen and oxygen atoms in total. The van der Waals surface area contributed by atoms with E-state index in [9.17, 15) is 13.2 Å². The average molecular weight is 378 g/mol. The molecule has 4 rings (SSSR count). The lowest BCUT2D eigenvalue weighted by Crippen LogP contribution is -2.14. The Morgan fingerprint density at radius 3 is 2.33 bits per heavy atom. The number of sulfonamides is 1. The standard InChI is InChI=1S/C20H14N2O4S/c23-20(14-8-2-1-3-9-14)26-17-12-6-5-11-16(17)21-19-15-10-4-7-13-18(15)27(24,25)22-19/h1-13H,(H,21,22). The van der Waals surface area contributed by atoms with Gasteiger partial charge in [0.1, 0.15) is 4.90 Å². The molecule has 0 unspecified atom stereocenters. The van der Waals surface area contributed by atoms with Crippen LogP contribution in [0.3, 0.4) is 0 Å². The molecule has 0 saturated carbocycles. The quantitative estimate of drug-likeness (QED) is 0.557. The minimum absolute atomic E-state index is 0.145. The fraction of sp³-hybridized carbons (Fsp3) is 0. The number of rotatable bonds is 3. The summed E-state index contributed by atoms with van der Waals surface area (Å²) in [5, 5.41) is 2.97. The van der Waals surface area contributed by atoms with E-state index in [1.165, 1.54) is 6.07 Å². The van der Waals surface area contributed by atoms with Gasteiger partial charge in [0.15, 0.2) is 11.6 Å². The van der Waals surface area contributed by atoms with Crippen molar-refractivity contribution < 1.29 is 17.9 Å². The van der Waals surface area contributed by atoms with Gasteiger partial charge in [0.2, 0.25) is 0 Å². The summed E-state index contributed by atoms with van der Waals surface area (Å²) in [7, 11) is -3.74. The van der Waals surface area contributed by atoms with Gasteiger partial charge < -0.3 is 10.1 Å². The first-order valence-electron chi connectivity index (χ1n) is 8.12. The van der Waals surface area contributed by atoms with E-state index in [1.807, 2.05) is 6.07 Å². The molecular formula is C20H14N2O4S. The Morgan fingerprint density at radius 1 is 0.852 bits per heavy atom. The fourth-order valence-electron chi connectivity index (χ4n) is 2.72. The molecule has 0 bridgehead atoms. The van der Waals surface area contributed by atoms with Gasteiger partial charge >= 0.3 is 5.97 Å². The summed E-state index contributed by atoms with van der Waals surface area (Å²) in [6.07, 6.45) is 0. The van der Waals surface area contributed by atoms with Gasteiger partial charge in [0.25, 0.3) is 10.0 Å². The zero-order valence-electron chi connectivity index (χ0n) is 14.0. The van der Waals surface area contributed by atoms with Gasteiger partial charge in [-0.2, -0.15) is 8.42 Å². The summed E-state index contributed by atoms with van der Waals surface area (Å²) < 4.78 is 33.7. The third-order valence-electron chi connectivity index (χ3n) is 3.98. The summed E-state index contributed by atoms with van der Waals surface area (Å²) in [5.74, 6) is -0.0455. The number of amidine groups is 1. The molecule has 1 heterocycles. The number of nitrogens with one attached hydrogen (secondary N) is 1. The van der Waals surface area contributed by atoms with Gasteiger partial charge in [0, 0.05) is 5.56 Å². The number of para-hydroxylation sites is 2. The van der Waals surface area contributed by atoms with E-state index in [4.69, 9.17) is 4.74 Å². The van der Waals surface area contributed by atoms with E-state index < -0.39 is 16.0 Å². The van der Waals surface area contributed by atoms with Crippen molar-refractivity contribution in [2.75, 3.05) is 5.32 Å². The zero-order chi connectivity index (χ0) is 18.9. The molecule has 0 aromatic heterocycles. The Morgan fingerprint density at radius 2 is 1.52 bits per heavy atom. The maximum Gasteiger partial charge on any atom is 0.343 e. The van der Waals surface area contributed by atoms with Crippen molar-refractivity contribution in [3.05, 3.63) is 90.0 Å². The van der Waals surface area contributed by atoms with Gasteiger partial charge in [-0.05, 0) is 36.4 Å². The largest absolute Gasteiger partial charge is 0.421 e. The number of carbonyl (C=O) groups excluding carboxylic acids is 1. The van der Waals surface area contributed by atoms with E-state index in [1.54, 1.807) is 66.7 Å². The van der Waals surface area contributed by atoms with Crippen molar-refractivity contribution >= 4 is 27.5 Å². The molecule has 27 heavy (non-hydrogen) atoms. The SMILES string of the molecule is O=C(Oc1ccccc1NC1=NS(=O)(=O)c2ccccc21)c1ccccc1. The minimum Gasteiger partial charge on any atom is -0.421 e. The monoisotopic (exact) mass is 378 g/mol. The zero-order valence-corrected chi connectivity index (χ0v) is 14.8. The van der Waals surface area contributed by atoms with Gasteiger partial charge in [-0.3, -0.25) is 0 Å². The number of ether oxygens (including phenoxy) is 1. The second-order valence-corrected chi connectivity index (χ2v) is 7.36. The molecule has 0 atom stereocenters. The summed E-state index contributed by atoms with van der Waals surface area (Å²) in [5.41, 5.74) is 1.33. The molecule has 1 aliphatic heterocycles. The van der Waals surface area contributed by atoms with E-state index >= 15 is 0 Å². The second kappa shape index (κ2) is 6.69. The van der Waals surface area contributed by atoms with Gasteiger partial charge in [-0.25, -0.2) is 4.79 Å². The minimum atomic E-state index is -3.74. The number of fused-ring (bicyclic) bond motifs is 1. The van der Waals surface area contributed by atoms with Crippen molar-refractivity contribution in [2.24, 2.45) is 4.40 Å². The summed E-state index contributed by atoms with van der Waals surface area (Å²) in [6.45, 7) is 0. The third kappa shape index (κ3) is 3.32. The molecule has 0 saturated heterocycles. The van der Waals surface area contributed by atoms with Crippen LogP contribution in [0.4, 0.5) is 5.69 Å². The fourth-order valence-corrected chi connectivity index (χ4v) is 3.89. The third-order valence-corrected chi connectivity index (χ3v) is 5.32. The van der Waals surface area contributed by atoms with E-state index in [0.717, 1.165) is 0 Å². The van der Waals surface area contributed by atoms with Crippen LogP contribution in [0.2, 0.25) is 0 Å². The lowest BCUT2D eigenvalue weighted by atomic mass is 10.2. The molecule has 134 valence electrons. The number of benzene rings is 3. The summed E-state index contributed by atoms with van der Waals surface area (Å²) in [6, 6.07) is 21.9. The maximum absolute atomic E-state index is 12.3. The van der Waals surface area contributed by atoms with Crippen LogP contribution in [0, 0.1) is 0 Å². The van der Waals surface area contributed by atoms with Gasteiger partial charge in [-0.1, -0.05) is 42.5 Å². The highest BCUT2D eigenvalue weighted by molar-refractivity contribution is 7.90. The molecule has 3 aromatic rings. The lowest BCUT2D eigenvalue weighted by Gasteiger charge is -2.12. The van der Waals surface area contributed by atoms with Crippen molar-refractivity contribution in [2.45, 2.75) is 4.90 Å². The Labute approximate surface area is 156 Å². The molecule has 1 N–H and O–H groups in total. The van der Waals surface area contributed by atoms with Crippen LogP contribution in [-0.4, -0.2) is 20.2 Å². The van der Waals surface area contributed by atoms with Crippen LogP contribution in [-0.2, 0) is 10.0 Å². The molecule has 0 amide bonds. The van der Waals surface area contributed by atoms with Crippen molar-refractivity contribution in [1.82, 2.24) is 0 Å². The molecule has 0 aliphatic carbocycles. The van der Waals surface area contributed by atoms with Crippen LogP contribution < -0.4 is 10.1 Å². The predicted molar refractivity (Wildman–Crippen MR) is 102 cm³/mol. The maximum atomic E-state index is 12.3. The molecule has 1 aliphatic rings. The van der Waals surface area contributed by atoms with Crippen LogP contribution >= 0.6 is 0 Å². The Kier molecular flexibility index (Phi) is 4.21. The first kappa shape index (κ1) is 17.0. The first-order valence-corrected chi connectivity index (χ1v) is 9.56. The molecular weight excluding hydrogens is 364 g/mol. The molecule has 3 aromatic carbocycles. The highest BCUT2D eigenvalue weighted by Gasteiger charge is 2.29. The molecule has 7 heteroatoms. The van der Waals surface area contributed by atoms with Crippen LogP contribution in [0.1, 0.15) is 15.9 Å². The number of esters is 1. The number of hydrogen-bond acceptors (Lipinski definition) is 5. The van der Waals surface area contributed by atoms with Gasteiger partial charge in [-0.15, -0.1) is 4.40 Å². The summed E-state index contributed by atoms with van der Waals surface area (Å²) >= 11 is 0. The van der Waals surface area contributed by atoms with Crippen LogP contribution in [0.5, 0.6) is 5.75 Å². The normalized spacial score (nSPS) is 14.1. The Hall–Kier alpha value is -3.45. The summed E-state index contributed by atoms with van der Waals surface area (Å²) in [4.78, 5) is 12.5. The molecule has 0 fully saturated rings. The highest BCUT2D eigenvalue weighted by atomic mass is 32.2. The Bertz CT molecular complexity index is 1160. The predicted octanol–water partition coefficient (Wildman–Crippen LogP) is 3.47. The number of anilines is 1. The number of hydrogen-bond donors (Lipinski definition) is 1. The smallest absolute Gasteiger partial charge is 0.343 e. The van der Waals surface area contributed by atoms with E-state index in [0.29, 0.717) is 16.8 Å². The van der Waals surface area contributed by atoms with Crippen LogP contribution in [0.15, 0.2) is 88.2 Å². The Balaban J connectivity index is 1.64. The van der Waals surface area contributed by atoms with Crippen LogP contribution in [0.25, 0.3) is 0 Å². The number of carbonyl (C=O) groups is 1. The molecule has 0 radical (unpaired) electrons. The topological polar surface area (TPSA) is 84.8 Å². The average Bonchev–Trinajstić information content (AvgIpc) is 2.94. The van der Waals surface area contributed by atoms with E-state index in [-0.39, 0.29) is 16.5 Å². The van der Waals surface area contributed by atoms with Crippen molar-refractivity contribution in [1.29, 1.82) is 0 Å². The lowest BCUT2D eigenvalue weighted by molar-refractivity contribution is 0.0736. The van der Waals surface area contributed by atoms with Crippen molar-refractivity contribution in [3.63, 3.8) is 0 Å². The second-order valence-electron chi connectivity index (χ2n) is 5.79. The first-order chi connectivity index (χ1) is 13.0. The van der Waals surface area contributed by atoms with E-state index in [2.05, 4.69) is 9.71 Å². The highest BCUT2D eigenvalue weighted by Crippen LogP contribution is 2.30.